The fourth-order valence-electron chi connectivity index (χ4n) is 2.45. The second-order valence-corrected chi connectivity index (χ2v) is 7.16. The fourth-order valence-corrected chi connectivity index (χ4v) is 3.77. The van der Waals surface area contributed by atoms with Crippen LogP contribution in [0.15, 0.2) is 41.3 Å². The minimum Gasteiger partial charge on any atom is -0.496 e. The number of rotatable bonds is 7. The Bertz CT molecular complexity index is 816. The molecule has 130 valence electrons. The van der Waals surface area contributed by atoms with E-state index in [-0.39, 0.29) is 11.4 Å². The van der Waals surface area contributed by atoms with Crippen LogP contribution in [0, 0.1) is 13.8 Å². The lowest BCUT2D eigenvalue weighted by Gasteiger charge is -2.14. The molecule has 0 aliphatic carbocycles. The van der Waals surface area contributed by atoms with Crippen molar-refractivity contribution in [2.24, 2.45) is 0 Å². The predicted molar refractivity (Wildman–Crippen MR) is 94.1 cm³/mol. The average Bonchev–Trinajstić information content (AvgIpc) is 2.56. The third kappa shape index (κ3) is 4.07. The number of ether oxygens (including phenoxy) is 2. The molecule has 6 heteroatoms. The van der Waals surface area contributed by atoms with Gasteiger partial charge in [-0.1, -0.05) is 12.1 Å². The quantitative estimate of drug-likeness (QED) is 0.834. The van der Waals surface area contributed by atoms with Gasteiger partial charge in [-0.2, -0.15) is 0 Å². The Morgan fingerprint density at radius 2 is 1.83 bits per heavy atom. The summed E-state index contributed by atoms with van der Waals surface area (Å²) in [6.07, 6.45) is 0. The van der Waals surface area contributed by atoms with E-state index in [9.17, 15) is 8.42 Å². The van der Waals surface area contributed by atoms with Crippen LogP contribution in [0.5, 0.6) is 11.5 Å². The maximum atomic E-state index is 12.6. The Hall–Kier alpha value is -2.05. The van der Waals surface area contributed by atoms with Crippen LogP contribution in [0.4, 0.5) is 0 Å². The van der Waals surface area contributed by atoms with Crippen LogP contribution in [0.1, 0.15) is 23.6 Å². The van der Waals surface area contributed by atoms with E-state index in [0.717, 1.165) is 16.9 Å². The van der Waals surface area contributed by atoms with Crippen molar-refractivity contribution < 1.29 is 17.9 Å². The van der Waals surface area contributed by atoms with Crippen molar-refractivity contribution in [3.05, 3.63) is 53.1 Å². The van der Waals surface area contributed by atoms with Crippen LogP contribution >= 0.6 is 0 Å². The Morgan fingerprint density at radius 3 is 2.50 bits per heavy atom. The highest BCUT2D eigenvalue weighted by Crippen LogP contribution is 2.26. The van der Waals surface area contributed by atoms with Gasteiger partial charge in [0, 0.05) is 6.54 Å². The van der Waals surface area contributed by atoms with E-state index < -0.39 is 10.0 Å². The van der Waals surface area contributed by atoms with Crippen molar-refractivity contribution in [3.63, 3.8) is 0 Å². The Labute approximate surface area is 143 Å². The molecule has 0 atom stereocenters. The van der Waals surface area contributed by atoms with Crippen LogP contribution in [0.25, 0.3) is 0 Å². The number of methoxy groups -OCH3 is 1. The van der Waals surface area contributed by atoms with Gasteiger partial charge in [0.25, 0.3) is 0 Å². The molecule has 2 aromatic rings. The zero-order chi connectivity index (χ0) is 17.7. The lowest BCUT2D eigenvalue weighted by Crippen LogP contribution is -2.24. The highest BCUT2D eigenvalue weighted by molar-refractivity contribution is 7.89. The third-order valence-corrected chi connectivity index (χ3v) is 5.42. The van der Waals surface area contributed by atoms with E-state index in [2.05, 4.69) is 4.72 Å². The molecule has 0 aromatic heterocycles. The number of hydrogen-bond acceptors (Lipinski definition) is 4. The van der Waals surface area contributed by atoms with Gasteiger partial charge in [0.1, 0.15) is 11.5 Å². The lowest BCUT2D eigenvalue weighted by molar-refractivity contribution is 0.340. The second-order valence-electron chi connectivity index (χ2n) is 5.42. The summed E-state index contributed by atoms with van der Waals surface area (Å²) in [4.78, 5) is 0.266. The standard InChI is InChI=1S/C18H23NO4S/c1-5-23-16-8-6-7-15(11-16)12-19-24(20,21)18-10-9-17(22-4)13(2)14(18)3/h6-11,19H,5,12H2,1-4H3. The maximum absolute atomic E-state index is 12.6. The van der Waals surface area contributed by atoms with Gasteiger partial charge in [-0.05, 0) is 61.7 Å². The van der Waals surface area contributed by atoms with Gasteiger partial charge in [0.15, 0.2) is 0 Å². The van der Waals surface area contributed by atoms with E-state index in [1.807, 2.05) is 38.1 Å². The molecule has 1 N–H and O–H groups in total. The van der Waals surface area contributed by atoms with E-state index in [1.54, 1.807) is 26.2 Å². The summed E-state index contributed by atoms with van der Waals surface area (Å²) >= 11 is 0. The SMILES string of the molecule is CCOc1cccc(CNS(=O)(=O)c2ccc(OC)c(C)c2C)c1. The van der Waals surface area contributed by atoms with Gasteiger partial charge in [0.2, 0.25) is 10.0 Å². The number of benzene rings is 2. The molecule has 0 bridgehead atoms. The highest BCUT2D eigenvalue weighted by atomic mass is 32.2. The normalized spacial score (nSPS) is 11.3. The molecule has 0 spiro atoms. The minimum atomic E-state index is -3.61. The predicted octanol–water partition coefficient (Wildman–Crippen LogP) is 3.19. The largest absolute Gasteiger partial charge is 0.496 e. The summed E-state index contributed by atoms with van der Waals surface area (Å²) in [5, 5.41) is 0. The first-order chi connectivity index (χ1) is 11.4. The van der Waals surface area contributed by atoms with Crippen LogP contribution < -0.4 is 14.2 Å². The Balaban J connectivity index is 2.20. The van der Waals surface area contributed by atoms with Crippen LogP contribution in [-0.2, 0) is 16.6 Å². The zero-order valence-electron chi connectivity index (χ0n) is 14.4. The van der Waals surface area contributed by atoms with E-state index in [1.165, 1.54) is 0 Å². The highest BCUT2D eigenvalue weighted by Gasteiger charge is 2.19. The summed E-state index contributed by atoms with van der Waals surface area (Å²) in [5.41, 5.74) is 2.34. The molecule has 0 fully saturated rings. The van der Waals surface area contributed by atoms with Crippen LogP contribution in [0.3, 0.4) is 0 Å². The number of nitrogens with one attached hydrogen (secondary N) is 1. The molecule has 0 unspecified atom stereocenters. The molecule has 0 aliphatic rings. The van der Waals surface area contributed by atoms with Crippen molar-refractivity contribution in [2.75, 3.05) is 13.7 Å². The molecular weight excluding hydrogens is 326 g/mol. The van der Waals surface area contributed by atoms with Crippen molar-refractivity contribution in [2.45, 2.75) is 32.2 Å². The molecule has 5 nitrogen and oxygen atoms in total. The summed E-state index contributed by atoms with van der Waals surface area (Å²) < 4.78 is 38.5. The second kappa shape index (κ2) is 7.68. The maximum Gasteiger partial charge on any atom is 0.241 e. The zero-order valence-corrected chi connectivity index (χ0v) is 15.2. The van der Waals surface area contributed by atoms with Gasteiger partial charge in [-0.25, -0.2) is 13.1 Å². The molecular formula is C18H23NO4S. The first kappa shape index (κ1) is 18.3. The first-order valence-electron chi connectivity index (χ1n) is 7.74. The van der Waals surface area contributed by atoms with Gasteiger partial charge < -0.3 is 9.47 Å². The molecule has 0 amide bonds. The van der Waals surface area contributed by atoms with Gasteiger partial charge >= 0.3 is 0 Å². The molecule has 0 saturated heterocycles. The Kier molecular flexibility index (Phi) is 5.85. The summed E-state index contributed by atoms with van der Waals surface area (Å²) in [5.74, 6) is 1.40. The van der Waals surface area contributed by atoms with Crippen molar-refractivity contribution >= 4 is 10.0 Å². The number of sulfonamides is 1. The van der Waals surface area contributed by atoms with Gasteiger partial charge in [-0.3, -0.25) is 0 Å². The monoisotopic (exact) mass is 349 g/mol. The van der Waals surface area contributed by atoms with E-state index >= 15 is 0 Å². The smallest absolute Gasteiger partial charge is 0.241 e. The summed E-state index contributed by atoms with van der Waals surface area (Å²) in [6.45, 7) is 6.30. The summed E-state index contributed by atoms with van der Waals surface area (Å²) in [7, 11) is -2.04. The first-order valence-corrected chi connectivity index (χ1v) is 9.23. The molecule has 2 rings (SSSR count). The molecule has 24 heavy (non-hydrogen) atoms. The molecule has 0 radical (unpaired) electrons. The summed E-state index contributed by atoms with van der Waals surface area (Å²) in [6, 6.07) is 10.6. The van der Waals surface area contributed by atoms with E-state index in [0.29, 0.717) is 17.9 Å². The van der Waals surface area contributed by atoms with Crippen molar-refractivity contribution in [1.29, 1.82) is 0 Å². The minimum absolute atomic E-state index is 0.202. The molecule has 0 saturated carbocycles. The van der Waals surface area contributed by atoms with Crippen molar-refractivity contribution in [3.8, 4) is 11.5 Å². The van der Waals surface area contributed by atoms with Gasteiger partial charge in [0.05, 0.1) is 18.6 Å². The number of hydrogen-bond donors (Lipinski definition) is 1. The van der Waals surface area contributed by atoms with Gasteiger partial charge in [-0.15, -0.1) is 0 Å². The topological polar surface area (TPSA) is 64.6 Å². The van der Waals surface area contributed by atoms with E-state index in [4.69, 9.17) is 9.47 Å². The molecule has 0 aliphatic heterocycles. The fraction of sp³-hybridized carbons (Fsp3) is 0.333. The average molecular weight is 349 g/mol. The molecule has 0 heterocycles. The lowest BCUT2D eigenvalue weighted by atomic mass is 10.1. The van der Waals surface area contributed by atoms with Crippen LogP contribution in [0.2, 0.25) is 0 Å². The Morgan fingerprint density at radius 1 is 1.08 bits per heavy atom. The van der Waals surface area contributed by atoms with Crippen LogP contribution in [-0.4, -0.2) is 22.1 Å². The molecule has 2 aromatic carbocycles. The van der Waals surface area contributed by atoms with Crippen molar-refractivity contribution in [1.82, 2.24) is 4.72 Å². The third-order valence-electron chi connectivity index (χ3n) is 3.87.